The molecule has 1 aromatic carbocycles. The van der Waals surface area contributed by atoms with Gasteiger partial charge in [0.2, 0.25) is 0 Å². The molecule has 2 rings (SSSR count). The molecule has 0 aliphatic rings. The number of benzene rings is 1. The Hall–Kier alpha value is -2.04. The van der Waals surface area contributed by atoms with Crippen molar-refractivity contribution in [2.75, 3.05) is 0 Å². The van der Waals surface area contributed by atoms with E-state index in [0.29, 0.717) is 10.9 Å². The molecular weight excluding hydrogens is 196 g/mol. The van der Waals surface area contributed by atoms with Crippen LogP contribution in [-0.4, -0.2) is 5.11 Å². The van der Waals surface area contributed by atoms with Crippen LogP contribution in [0.2, 0.25) is 0 Å². The Kier molecular flexibility index (Phi) is 1.85. The van der Waals surface area contributed by atoms with Crippen LogP contribution in [0.5, 0.6) is 5.06 Å². The van der Waals surface area contributed by atoms with Crippen LogP contribution < -0.4 is 0 Å². The summed E-state index contributed by atoms with van der Waals surface area (Å²) in [4.78, 5) is 0. The zero-order valence-electron chi connectivity index (χ0n) is 6.98. The molecule has 0 aliphatic heterocycles. The third-order valence-corrected chi connectivity index (χ3v) is 2.87. The van der Waals surface area contributed by atoms with E-state index in [1.807, 2.05) is 12.1 Å². The average Bonchev–Trinajstić information content (AvgIpc) is 2.51. The monoisotopic (exact) mass is 200 g/mol. The SMILES string of the molecule is N#Cc1ccc2c(C#N)c(O)sc2c1. The van der Waals surface area contributed by atoms with E-state index in [0.717, 1.165) is 16.0 Å². The van der Waals surface area contributed by atoms with Gasteiger partial charge < -0.3 is 5.11 Å². The number of hydrogen-bond acceptors (Lipinski definition) is 4. The van der Waals surface area contributed by atoms with Gasteiger partial charge in [0.25, 0.3) is 0 Å². The third kappa shape index (κ3) is 1.10. The van der Waals surface area contributed by atoms with Gasteiger partial charge in [0.05, 0.1) is 11.6 Å². The van der Waals surface area contributed by atoms with Crippen molar-refractivity contribution >= 4 is 21.4 Å². The molecule has 1 aromatic heterocycles. The molecular formula is C10H4N2OS. The smallest absolute Gasteiger partial charge is 0.190 e. The lowest BCUT2D eigenvalue weighted by Crippen LogP contribution is -1.73. The van der Waals surface area contributed by atoms with Crippen molar-refractivity contribution in [1.82, 2.24) is 0 Å². The lowest BCUT2D eigenvalue weighted by molar-refractivity contribution is 0.490. The van der Waals surface area contributed by atoms with E-state index in [-0.39, 0.29) is 10.6 Å². The maximum atomic E-state index is 9.41. The average molecular weight is 200 g/mol. The molecule has 0 bridgehead atoms. The Morgan fingerprint density at radius 3 is 2.64 bits per heavy atom. The van der Waals surface area contributed by atoms with Gasteiger partial charge in [-0.25, -0.2) is 0 Å². The summed E-state index contributed by atoms with van der Waals surface area (Å²) in [6, 6.07) is 8.93. The third-order valence-electron chi connectivity index (χ3n) is 1.91. The molecule has 3 nitrogen and oxygen atoms in total. The number of aromatic hydroxyl groups is 1. The second-order valence-corrected chi connectivity index (χ2v) is 3.75. The number of thiophene rings is 1. The predicted octanol–water partition coefficient (Wildman–Crippen LogP) is 2.35. The lowest BCUT2D eigenvalue weighted by Gasteiger charge is -1.89. The second kappa shape index (κ2) is 3.02. The summed E-state index contributed by atoms with van der Waals surface area (Å²) in [5.41, 5.74) is 0.817. The summed E-state index contributed by atoms with van der Waals surface area (Å²) in [5, 5.41) is 27.5. The Balaban J connectivity index is 2.84. The first-order valence-corrected chi connectivity index (χ1v) is 4.63. The van der Waals surface area contributed by atoms with Crippen LogP contribution in [0.3, 0.4) is 0 Å². The zero-order chi connectivity index (χ0) is 10.1. The van der Waals surface area contributed by atoms with E-state index in [1.54, 1.807) is 18.2 Å². The van der Waals surface area contributed by atoms with E-state index in [9.17, 15) is 5.11 Å². The molecule has 2 aromatic rings. The molecule has 0 fully saturated rings. The molecule has 0 saturated carbocycles. The highest BCUT2D eigenvalue weighted by Gasteiger charge is 2.10. The van der Waals surface area contributed by atoms with Crippen LogP contribution in [0.25, 0.3) is 10.1 Å². The molecule has 0 radical (unpaired) electrons. The van der Waals surface area contributed by atoms with Gasteiger partial charge in [-0.1, -0.05) is 17.4 Å². The highest BCUT2D eigenvalue weighted by atomic mass is 32.1. The number of fused-ring (bicyclic) bond motifs is 1. The fraction of sp³-hybridized carbons (Fsp3) is 0. The lowest BCUT2D eigenvalue weighted by atomic mass is 10.1. The number of rotatable bonds is 0. The summed E-state index contributed by atoms with van der Waals surface area (Å²) in [7, 11) is 0. The van der Waals surface area contributed by atoms with Crippen LogP contribution in [0.4, 0.5) is 0 Å². The quantitative estimate of drug-likeness (QED) is 0.709. The van der Waals surface area contributed by atoms with Crippen molar-refractivity contribution in [2.45, 2.75) is 0 Å². The number of hydrogen-bond donors (Lipinski definition) is 1. The zero-order valence-corrected chi connectivity index (χ0v) is 7.80. The maximum absolute atomic E-state index is 9.41. The van der Waals surface area contributed by atoms with Gasteiger partial charge in [-0.3, -0.25) is 0 Å². The largest absolute Gasteiger partial charge is 0.499 e. The molecule has 1 N–H and O–H groups in total. The minimum absolute atomic E-state index is 0.0117. The van der Waals surface area contributed by atoms with Crippen molar-refractivity contribution < 1.29 is 5.11 Å². The first-order chi connectivity index (χ1) is 6.76. The van der Waals surface area contributed by atoms with Crippen molar-refractivity contribution in [3.63, 3.8) is 0 Å². The standard InChI is InChI=1S/C10H4N2OS/c11-4-6-1-2-7-8(5-12)10(13)14-9(7)3-6/h1-3,13H. The van der Waals surface area contributed by atoms with E-state index in [4.69, 9.17) is 10.5 Å². The Bertz CT molecular complexity index is 586. The van der Waals surface area contributed by atoms with E-state index in [2.05, 4.69) is 0 Å². The Morgan fingerprint density at radius 2 is 2.00 bits per heavy atom. The van der Waals surface area contributed by atoms with Gasteiger partial charge in [0.1, 0.15) is 11.6 Å². The first kappa shape index (κ1) is 8.55. The van der Waals surface area contributed by atoms with Crippen LogP contribution in [0, 0.1) is 22.7 Å². The van der Waals surface area contributed by atoms with Crippen LogP contribution >= 0.6 is 11.3 Å². The molecule has 0 saturated heterocycles. The summed E-state index contributed by atoms with van der Waals surface area (Å²) >= 11 is 1.11. The van der Waals surface area contributed by atoms with E-state index >= 15 is 0 Å². The summed E-state index contributed by atoms with van der Waals surface area (Å²) in [6.07, 6.45) is 0. The topological polar surface area (TPSA) is 67.8 Å². The fourth-order valence-electron chi connectivity index (χ4n) is 1.26. The number of nitrogens with zero attached hydrogens (tertiary/aromatic N) is 2. The van der Waals surface area contributed by atoms with Crippen molar-refractivity contribution in [3.8, 4) is 17.2 Å². The van der Waals surface area contributed by atoms with Gasteiger partial charge in [-0.2, -0.15) is 10.5 Å². The van der Waals surface area contributed by atoms with Crippen LogP contribution in [0.1, 0.15) is 11.1 Å². The highest BCUT2D eigenvalue weighted by Crippen LogP contribution is 2.36. The fourth-order valence-corrected chi connectivity index (χ4v) is 2.19. The molecule has 0 amide bonds. The molecule has 1 heterocycles. The van der Waals surface area contributed by atoms with Crippen molar-refractivity contribution in [3.05, 3.63) is 29.3 Å². The van der Waals surface area contributed by atoms with Crippen molar-refractivity contribution in [1.29, 1.82) is 10.5 Å². The van der Waals surface area contributed by atoms with Crippen LogP contribution in [0.15, 0.2) is 18.2 Å². The molecule has 0 spiro atoms. The highest BCUT2D eigenvalue weighted by molar-refractivity contribution is 7.21. The molecule has 14 heavy (non-hydrogen) atoms. The minimum atomic E-state index is 0.0117. The van der Waals surface area contributed by atoms with Crippen molar-refractivity contribution in [2.24, 2.45) is 0 Å². The molecule has 0 aliphatic carbocycles. The van der Waals surface area contributed by atoms with Gasteiger partial charge in [0.15, 0.2) is 5.06 Å². The predicted molar refractivity (Wildman–Crippen MR) is 52.9 cm³/mol. The molecule has 66 valence electrons. The summed E-state index contributed by atoms with van der Waals surface area (Å²) in [6.45, 7) is 0. The normalized spacial score (nSPS) is 9.57. The van der Waals surface area contributed by atoms with Gasteiger partial charge >= 0.3 is 0 Å². The van der Waals surface area contributed by atoms with Gasteiger partial charge in [-0.05, 0) is 12.1 Å². The molecule has 0 atom stereocenters. The van der Waals surface area contributed by atoms with Gasteiger partial charge in [-0.15, -0.1) is 0 Å². The number of nitriles is 2. The second-order valence-electron chi connectivity index (χ2n) is 2.72. The molecule has 4 heteroatoms. The Labute approximate surface area is 84.1 Å². The first-order valence-electron chi connectivity index (χ1n) is 3.82. The van der Waals surface area contributed by atoms with Gasteiger partial charge in [0, 0.05) is 10.1 Å². The molecule has 0 unspecified atom stereocenters. The summed E-state index contributed by atoms with van der Waals surface area (Å²) in [5.74, 6) is 0. The summed E-state index contributed by atoms with van der Waals surface area (Å²) < 4.78 is 0.762. The van der Waals surface area contributed by atoms with E-state index < -0.39 is 0 Å². The maximum Gasteiger partial charge on any atom is 0.190 e. The van der Waals surface area contributed by atoms with E-state index in [1.165, 1.54) is 0 Å². The minimum Gasteiger partial charge on any atom is -0.499 e. The van der Waals surface area contributed by atoms with Crippen LogP contribution in [-0.2, 0) is 0 Å². The Morgan fingerprint density at radius 1 is 1.21 bits per heavy atom.